The van der Waals surface area contributed by atoms with Crippen LogP contribution >= 0.6 is 0 Å². The summed E-state index contributed by atoms with van der Waals surface area (Å²) < 4.78 is 0. The Morgan fingerprint density at radius 3 is 2.88 bits per heavy atom. The molecule has 1 heterocycles. The van der Waals surface area contributed by atoms with Gasteiger partial charge in [-0.05, 0) is 18.9 Å². The smallest absolute Gasteiger partial charge is 0.251 e. The summed E-state index contributed by atoms with van der Waals surface area (Å²) in [5, 5.41) is 2.90. The van der Waals surface area contributed by atoms with Gasteiger partial charge in [0.05, 0.1) is 0 Å². The standard InChI is InChI=1S/C12H17N3O2/c13-9-3-1-2-4-10(9)15-12(17)8-5-6-14-11(16)7-8/h5-7,9-10H,1-4,13H2,(H,14,16)(H,15,17)/t9-,10-/m1/s1. The maximum atomic E-state index is 11.9. The van der Waals surface area contributed by atoms with E-state index in [4.69, 9.17) is 5.73 Å². The number of hydrogen-bond donors (Lipinski definition) is 3. The van der Waals surface area contributed by atoms with Crippen molar-refractivity contribution in [2.45, 2.75) is 37.8 Å². The first kappa shape index (κ1) is 11.9. The van der Waals surface area contributed by atoms with E-state index in [9.17, 15) is 9.59 Å². The van der Waals surface area contributed by atoms with Crippen molar-refractivity contribution in [3.8, 4) is 0 Å². The van der Waals surface area contributed by atoms with Gasteiger partial charge in [0, 0.05) is 29.9 Å². The highest BCUT2D eigenvalue weighted by atomic mass is 16.2. The molecule has 5 nitrogen and oxygen atoms in total. The monoisotopic (exact) mass is 235 g/mol. The summed E-state index contributed by atoms with van der Waals surface area (Å²) >= 11 is 0. The molecule has 0 aromatic carbocycles. The summed E-state index contributed by atoms with van der Waals surface area (Å²) in [5.74, 6) is -0.224. The molecule has 1 aromatic heterocycles. The Labute approximate surface area is 99.4 Å². The number of aromatic amines is 1. The van der Waals surface area contributed by atoms with E-state index in [0.717, 1.165) is 25.7 Å². The molecule has 1 aromatic rings. The van der Waals surface area contributed by atoms with Gasteiger partial charge in [0.15, 0.2) is 0 Å². The molecular weight excluding hydrogens is 218 g/mol. The Kier molecular flexibility index (Phi) is 3.58. The molecule has 0 spiro atoms. The Morgan fingerprint density at radius 1 is 1.41 bits per heavy atom. The van der Waals surface area contributed by atoms with E-state index < -0.39 is 0 Å². The molecule has 4 N–H and O–H groups in total. The molecule has 1 amide bonds. The van der Waals surface area contributed by atoms with Crippen LogP contribution in [0.15, 0.2) is 23.1 Å². The van der Waals surface area contributed by atoms with Crippen molar-refractivity contribution in [1.82, 2.24) is 10.3 Å². The maximum absolute atomic E-state index is 11.9. The van der Waals surface area contributed by atoms with E-state index in [1.165, 1.54) is 12.3 Å². The van der Waals surface area contributed by atoms with Gasteiger partial charge < -0.3 is 16.0 Å². The Bertz CT molecular complexity index is 455. The first-order chi connectivity index (χ1) is 8.16. The molecule has 2 atom stereocenters. The quantitative estimate of drug-likeness (QED) is 0.692. The molecule has 1 aliphatic rings. The lowest BCUT2D eigenvalue weighted by Gasteiger charge is -2.29. The lowest BCUT2D eigenvalue weighted by Crippen LogP contribution is -2.49. The summed E-state index contributed by atoms with van der Waals surface area (Å²) in [4.78, 5) is 25.5. The van der Waals surface area contributed by atoms with Crippen LogP contribution in [0.25, 0.3) is 0 Å². The number of hydrogen-bond acceptors (Lipinski definition) is 3. The highest BCUT2D eigenvalue weighted by Gasteiger charge is 2.23. The molecule has 1 aliphatic carbocycles. The number of pyridine rings is 1. The molecule has 5 heteroatoms. The van der Waals surface area contributed by atoms with Gasteiger partial charge in [-0.3, -0.25) is 9.59 Å². The normalized spacial score (nSPS) is 24.3. The second kappa shape index (κ2) is 5.14. The summed E-state index contributed by atoms with van der Waals surface area (Å²) in [7, 11) is 0. The first-order valence-corrected chi connectivity index (χ1v) is 5.92. The molecule has 0 radical (unpaired) electrons. The lowest BCUT2D eigenvalue weighted by molar-refractivity contribution is 0.0921. The zero-order valence-corrected chi connectivity index (χ0v) is 9.61. The lowest BCUT2D eigenvalue weighted by atomic mass is 9.91. The van der Waals surface area contributed by atoms with Crippen molar-refractivity contribution < 1.29 is 4.79 Å². The summed E-state index contributed by atoms with van der Waals surface area (Å²) in [6.45, 7) is 0. The zero-order chi connectivity index (χ0) is 12.3. The van der Waals surface area contributed by atoms with Crippen LogP contribution < -0.4 is 16.6 Å². The van der Waals surface area contributed by atoms with Crippen LogP contribution in [0.2, 0.25) is 0 Å². The Hall–Kier alpha value is -1.62. The van der Waals surface area contributed by atoms with Gasteiger partial charge >= 0.3 is 0 Å². The number of carbonyl (C=O) groups excluding carboxylic acids is 1. The van der Waals surface area contributed by atoms with Crippen molar-refractivity contribution >= 4 is 5.91 Å². The second-order valence-corrected chi connectivity index (χ2v) is 4.47. The molecule has 0 bridgehead atoms. The molecule has 1 saturated carbocycles. The van der Waals surface area contributed by atoms with Crippen LogP contribution in [-0.2, 0) is 0 Å². The van der Waals surface area contributed by atoms with E-state index in [1.54, 1.807) is 6.07 Å². The van der Waals surface area contributed by atoms with Crippen molar-refractivity contribution in [3.05, 3.63) is 34.2 Å². The predicted molar refractivity (Wildman–Crippen MR) is 64.8 cm³/mol. The van der Waals surface area contributed by atoms with Crippen LogP contribution in [0.4, 0.5) is 0 Å². The van der Waals surface area contributed by atoms with Gasteiger partial charge in [0.1, 0.15) is 0 Å². The first-order valence-electron chi connectivity index (χ1n) is 5.92. The minimum Gasteiger partial charge on any atom is -0.348 e. The SMILES string of the molecule is N[C@@H]1CCCC[C@H]1NC(=O)c1cc[nH]c(=O)c1. The van der Waals surface area contributed by atoms with E-state index in [0.29, 0.717) is 5.56 Å². The fourth-order valence-corrected chi connectivity index (χ4v) is 2.18. The van der Waals surface area contributed by atoms with Crippen LogP contribution in [0, 0.1) is 0 Å². The molecule has 2 rings (SSSR count). The number of H-pyrrole nitrogens is 1. The molecule has 0 unspecified atom stereocenters. The number of rotatable bonds is 2. The van der Waals surface area contributed by atoms with Crippen LogP contribution in [0.1, 0.15) is 36.0 Å². The molecule has 0 saturated heterocycles. The van der Waals surface area contributed by atoms with E-state index in [2.05, 4.69) is 10.3 Å². The van der Waals surface area contributed by atoms with Gasteiger partial charge in [-0.15, -0.1) is 0 Å². The predicted octanol–water partition coefficient (Wildman–Crippen LogP) is 0.375. The zero-order valence-electron chi connectivity index (χ0n) is 9.61. The van der Waals surface area contributed by atoms with E-state index in [1.807, 2.05) is 0 Å². The van der Waals surface area contributed by atoms with E-state index >= 15 is 0 Å². The average molecular weight is 235 g/mol. The minimum atomic E-state index is -0.273. The van der Waals surface area contributed by atoms with Crippen LogP contribution in [0.5, 0.6) is 0 Å². The molecule has 0 aliphatic heterocycles. The summed E-state index contributed by atoms with van der Waals surface area (Å²) in [6, 6.07) is 2.93. The van der Waals surface area contributed by atoms with Gasteiger partial charge in [-0.1, -0.05) is 12.8 Å². The summed E-state index contributed by atoms with van der Waals surface area (Å²) in [5.41, 5.74) is 6.06. The number of aromatic nitrogens is 1. The maximum Gasteiger partial charge on any atom is 0.251 e. The largest absolute Gasteiger partial charge is 0.348 e. The third-order valence-electron chi connectivity index (χ3n) is 3.17. The molecule has 1 fully saturated rings. The summed E-state index contributed by atoms with van der Waals surface area (Å²) in [6.07, 6.45) is 5.54. The third-order valence-corrected chi connectivity index (χ3v) is 3.17. The van der Waals surface area contributed by atoms with Crippen LogP contribution in [-0.4, -0.2) is 23.0 Å². The van der Waals surface area contributed by atoms with Crippen molar-refractivity contribution in [2.24, 2.45) is 5.73 Å². The van der Waals surface area contributed by atoms with E-state index in [-0.39, 0.29) is 23.6 Å². The van der Waals surface area contributed by atoms with Gasteiger partial charge in [-0.25, -0.2) is 0 Å². The highest BCUT2D eigenvalue weighted by molar-refractivity contribution is 5.94. The third kappa shape index (κ3) is 2.94. The highest BCUT2D eigenvalue weighted by Crippen LogP contribution is 2.17. The number of amides is 1. The minimum absolute atomic E-state index is 0.0229. The van der Waals surface area contributed by atoms with Crippen molar-refractivity contribution in [1.29, 1.82) is 0 Å². The van der Waals surface area contributed by atoms with Crippen molar-refractivity contribution in [2.75, 3.05) is 0 Å². The van der Waals surface area contributed by atoms with Crippen LogP contribution in [0.3, 0.4) is 0 Å². The second-order valence-electron chi connectivity index (χ2n) is 4.47. The molecular formula is C12H17N3O2. The molecule has 92 valence electrons. The number of nitrogens with two attached hydrogens (primary N) is 1. The Balaban J connectivity index is 2.03. The Morgan fingerprint density at radius 2 is 2.18 bits per heavy atom. The van der Waals surface area contributed by atoms with Gasteiger partial charge in [-0.2, -0.15) is 0 Å². The van der Waals surface area contributed by atoms with Gasteiger partial charge in [0.25, 0.3) is 5.91 Å². The fourth-order valence-electron chi connectivity index (χ4n) is 2.18. The van der Waals surface area contributed by atoms with Crippen molar-refractivity contribution in [3.63, 3.8) is 0 Å². The topological polar surface area (TPSA) is 88.0 Å². The fraction of sp³-hybridized carbons (Fsp3) is 0.500. The number of carbonyl (C=O) groups is 1. The van der Waals surface area contributed by atoms with Gasteiger partial charge in [0.2, 0.25) is 5.56 Å². The molecule has 17 heavy (non-hydrogen) atoms. The number of nitrogens with one attached hydrogen (secondary N) is 2. The average Bonchev–Trinajstić information content (AvgIpc) is 2.32.